The smallest absolute Gasteiger partial charge is 0.246 e. The maximum absolute atomic E-state index is 12.2. The second-order valence-electron chi connectivity index (χ2n) is 5.25. The average molecular weight is 355 g/mol. The molecule has 1 fully saturated rings. The van der Waals surface area contributed by atoms with Crippen LogP contribution in [0.2, 0.25) is 0 Å². The average Bonchev–Trinajstić information content (AvgIpc) is 2.49. The van der Waals surface area contributed by atoms with Gasteiger partial charge in [0.15, 0.2) is 0 Å². The van der Waals surface area contributed by atoms with E-state index in [0.29, 0.717) is 13.0 Å². The van der Waals surface area contributed by atoms with Gasteiger partial charge >= 0.3 is 0 Å². The van der Waals surface area contributed by atoms with E-state index in [-0.39, 0.29) is 18.4 Å². The Morgan fingerprint density at radius 3 is 2.76 bits per heavy atom. The summed E-state index contributed by atoms with van der Waals surface area (Å²) in [5.74, 6) is 0.539. The summed E-state index contributed by atoms with van der Waals surface area (Å²) in [6.45, 7) is 4.13. The number of piperazine rings is 1. The molecule has 1 atom stereocenters. The summed E-state index contributed by atoms with van der Waals surface area (Å²) in [5.41, 5.74) is 0.0924. The molecule has 2 rings (SSSR count). The minimum absolute atomic E-state index is 0.0516. The van der Waals surface area contributed by atoms with Crippen molar-refractivity contribution in [3.05, 3.63) is 28.2 Å². The van der Waals surface area contributed by atoms with Crippen LogP contribution in [0, 0.1) is 0 Å². The molecule has 114 valence electrons. The fourth-order valence-corrected chi connectivity index (χ4v) is 2.80. The summed E-state index contributed by atoms with van der Waals surface area (Å²) >= 11 is 3.49. The molecule has 1 aliphatic heterocycles. The summed E-state index contributed by atoms with van der Waals surface area (Å²) < 4.78 is 6.11. The fraction of sp³-hybridized carbons (Fsp3) is 0.467. The Morgan fingerprint density at radius 2 is 2.14 bits per heavy atom. The van der Waals surface area contributed by atoms with Crippen molar-refractivity contribution in [2.75, 3.05) is 13.7 Å². The highest BCUT2D eigenvalue weighted by molar-refractivity contribution is 9.10. The van der Waals surface area contributed by atoms with Crippen LogP contribution in [-0.2, 0) is 16.1 Å². The van der Waals surface area contributed by atoms with Crippen molar-refractivity contribution < 1.29 is 14.3 Å². The van der Waals surface area contributed by atoms with Crippen LogP contribution in [0.25, 0.3) is 0 Å². The lowest BCUT2D eigenvalue weighted by Crippen LogP contribution is -2.65. The predicted octanol–water partition coefficient (Wildman–Crippen LogP) is 2.08. The highest BCUT2D eigenvalue weighted by Crippen LogP contribution is 2.29. The monoisotopic (exact) mass is 354 g/mol. The predicted molar refractivity (Wildman–Crippen MR) is 82.9 cm³/mol. The third kappa shape index (κ3) is 2.90. The van der Waals surface area contributed by atoms with Crippen molar-refractivity contribution in [1.29, 1.82) is 0 Å². The lowest BCUT2D eigenvalue weighted by Gasteiger charge is -2.43. The van der Waals surface area contributed by atoms with E-state index >= 15 is 0 Å². The lowest BCUT2D eigenvalue weighted by molar-refractivity contribution is -0.153. The van der Waals surface area contributed by atoms with Crippen LogP contribution >= 0.6 is 15.9 Å². The Balaban J connectivity index is 2.35. The Morgan fingerprint density at radius 1 is 1.43 bits per heavy atom. The first-order chi connectivity index (χ1) is 9.92. The minimum Gasteiger partial charge on any atom is -0.497 e. The van der Waals surface area contributed by atoms with E-state index in [1.54, 1.807) is 18.9 Å². The number of carbonyl (C=O) groups excluding carboxylic acids is 2. The molecule has 0 aliphatic carbocycles. The quantitative estimate of drug-likeness (QED) is 0.900. The molecule has 1 saturated heterocycles. The molecule has 0 saturated carbocycles. The number of carbonyl (C=O) groups is 2. The zero-order valence-corrected chi connectivity index (χ0v) is 14.0. The molecule has 1 aromatic rings. The summed E-state index contributed by atoms with van der Waals surface area (Å²) in [7, 11) is 1.60. The van der Waals surface area contributed by atoms with Gasteiger partial charge in [0.05, 0.1) is 13.7 Å². The molecule has 2 amide bonds. The van der Waals surface area contributed by atoms with E-state index in [9.17, 15) is 9.59 Å². The molecule has 1 aromatic carbocycles. The number of halogens is 1. The number of amides is 2. The molecule has 5 nitrogen and oxygen atoms in total. The summed E-state index contributed by atoms with van der Waals surface area (Å²) in [4.78, 5) is 26.1. The van der Waals surface area contributed by atoms with Crippen molar-refractivity contribution in [3.8, 4) is 5.75 Å². The van der Waals surface area contributed by atoms with Gasteiger partial charge in [-0.1, -0.05) is 22.9 Å². The fourth-order valence-electron chi connectivity index (χ4n) is 2.42. The van der Waals surface area contributed by atoms with Gasteiger partial charge in [-0.15, -0.1) is 0 Å². The van der Waals surface area contributed by atoms with Crippen LogP contribution in [0.5, 0.6) is 5.75 Å². The number of nitrogens with one attached hydrogen (secondary N) is 1. The van der Waals surface area contributed by atoms with Gasteiger partial charge in [0.2, 0.25) is 11.8 Å². The molecule has 1 heterocycles. The highest BCUT2D eigenvalue weighted by Gasteiger charge is 2.44. The number of hydrogen-bond donors (Lipinski definition) is 1. The molecule has 0 radical (unpaired) electrons. The van der Waals surface area contributed by atoms with Crippen molar-refractivity contribution >= 4 is 27.7 Å². The topological polar surface area (TPSA) is 58.6 Å². The summed E-state index contributed by atoms with van der Waals surface area (Å²) in [5, 5.41) is 2.66. The van der Waals surface area contributed by atoms with Gasteiger partial charge in [-0.2, -0.15) is 0 Å². The van der Waals surface area contributed by atoms with Gasteiger partial charge in [0.1, 0.15) is 11.3 Å². The van der Waals surface area contributed by atoms with Gasteiger partial charge in [0.25, 0.3) is 0 Å². The Kier molecular flexibility index (Phi) is 4.56. The third-order valence-electron chi connectivity index (χ3n) is 4.06. The van der Waals surface area contributed by atoms with E-state index in [2.05, 4.69) is 21.2 Å². The Hall–Kier alpha value is -1.56. The molecule has 0 bridgehead atoms. The Labute approximate surface area is 132 Å². The van der Waals surface area contributed by atoms with Crippen LogP contribution in [0.15, 0.2) is 22.7 Å². The highest BCUT2D eigenvalue weighted by atomic mass is 79.9. The van der Waals surface area contributed by atoms with E-state index in [1.807, 2.05) is 25.1 Å². The Bertz CT molecular complexity index is 576. The van der Waals surface area contributed by atoms with Crippen LogP contribution in [0.1, 0.15) is 25.8 Å². The number of hydrogen-bond acceptors (Lipinski definition) is 3. The van der Waals surface area contributed by atoms with Crippen molar-refractivity contribution in [2.45, 2.75) is 32.4 Å². The number of ether oxygens (including phenoxy) is 1. The van der Waals surface area contributed by atoms with E-state index in [1.165, 1.54) is 0 Å². The molecular formula is C15H19BrN2O3. The van der Waals surface area contributed by atoms with Gasteiger partial charge in [0, 0.05) is 11.0 Å². The number of methoxy groups -OCH3 is 1. The van der Waals surface area contributed by atoms with E-state index in [0.717, 1.165) is 15.8 Å². The SMILES string of the molecule is CCC1(C)C(=O)NCC(=O)N1Cc1cc(OC)ccc1Br. The molecule has 0 aromatic heterocycles. The van der Waals surface area contributed by atoms with E-state index < -0.39 is 5.54 Å². The maximum atomic E-state index is 12.2. The molecule has 1 unspecified atom stereocenters. The second kappa shape index (κ2) is 6.05. The summed E-state index contributed by atoms with van der Waals surface area (Å²) in [6.07, 6.45) is 0.562. The molecular weight excluding hydrogens is 336 g/mol. The van der Waals surface area contributed by atoms with Crippen LogP contribution < -0.4 is 10.1 Å². The second-order valence-corrected chi connectivity index (χ2v) is 6.10. The zero-order chi connectivity index (χ0) is 15.6. The van der Waals surface area contributed by atoms with Crippen LogP contribution in [-0.4, -0.2) is 35.9 Å². The number of nitrogens with zero attached hydrogens (tertiary/aromatic N) is 1. The van der Waals surface area contributed by atoms with Crippen LogP contribution in [0.3, 0.4) is 0 Å². The van der Waals surface area contributed by atoms with Crippen LogP contribution in [0.4, 0.5) is 0 Å². The normalized spacial score (nSPS) is 22.2. The minimum atomic E-state index is -0.822. The largest absolute Gasteiger partial charge is 0.497 e. The van der Waals surface area contributed by atoms with Crippen molar-refractivity contribution in [3.63, 3.8) is 0 Å². The van der Waals surface area contributed by atoms with Gasteiger partial charge in [-0.3, -0.25) is 9.59 Å². The first-order valence-corrected chi connectivity index (χ1v) is 7.63. The third-order valence-corrected chi connectivity index (χ3v) is 4.83. The van der Waals surface area contributed by atoms with Crippen molar-refractivity contribution in [2.24, 2.45) is 0 Å². The first-order valence-electron chi connectivity index (χ1n) is 6.83. The number of benzene rings is 1. The number of rotatable bonds is 4. The van der Waals surface area contributed by atoms with Gasteiger partial charge in [-0.25, -0.2) is 0 Å². The standard InChI is InChI=1S/C15H19BrN2O3/c1-4-15(2)14(20)17-8-13(19)18(15)9-10-7-11(21-3)5-6-12(10)16/h5-7H,4,8-9H2,1-3H3,(H,17,20). The van der Waals surface area contributed by atoms with Gasteiger partial charge in [-0.05, 0) is 37.1 Å². The molecule has 0 spiro atoms. The molecule has 6 heteroatoms. The lowest BCUT2D eigenvalue weighted by atomic mass is 9.92. The van der Waals surface area contributed by atoms with E-state index in [4.69, 9.17) is 4.74 Å². The molecule has 1 N–H and O–H groups in total. The molecule has 1 aliphatic rings. The maximum Gasteiger partial charge on any atom is 0.246 e. The zero-order valence-electron chi connectivity index (χ0n) is 12.4. The first kappa shape index (κ1) is 15.8. The summed E-state index contributed by atoms with van der Waals surface area (Å²) in [6, 6.07) is 5.60. The van der Waals surface area contributed by atoms with Crippen molar-refractivity contribution in [1.82, 2.24) is 10.2 Å². The molecule has 21 heavy (non-hydrogen) atoms. The van der Waals surface area contributed by atoms with Gasteiger partial charge < -0.3 is 15.0 Å².